The lowest BCUT2D eigenvalue weighted by molar-refractivity contribution is 0.355. The van der Waals surface area contributed by atoms with Crippen molar-refractivity contribution >= 4 is 0 Å². The molecule has 0 aromatic carbocycles. The molecule has 0 amide bonds. The molecule has 1 heterocycles. The van der Waals surface area contributed by atoms with Crippen LogP contribution in [0.15, 0.2) is 24.4 Å². The van der Waals surface area contributed by atoms with Gasteiger partial charge in [-0.25, -0.2) is 0 Å². The summed E-state index contributed by atoms with van der Waals surface area (Å²) < 4.78 is 0. The molecule has 0 aliphatic heterocycles. The summed E-state index contributed by atoms with van der Waals surface area (Å²) in [6.07, 6.45) is 7.24. The molecule has 1 aromatic rings. The van der Waals surface area contributed by atoms with Crippen molar-refractivity contribution in [2.24, 2.45) is 17.8 Å². The van der Waals surface area contributed by atoms with Gasteiger partial charge in [-0.05, 0) is 62.2 Å². The highest BCUT2D eigenvalue weighted by atomic mass is 14.9. The summed E-state index contributed by atoms with van der Waals surface area (Å²) in [7, 11) is 0. The molecule has 2 nitrogen and oxygen atoms in total. The van der Waals surface area contributed by atoms with Crippen molar-refractivity contribution in [1.29, 1.82) is 0 Å². The van der Waals surface area contributed by atoms with E-state index in [4.69, 9.17) is 0 Å². The first-order valence-corrected chi connectivity index (χ1v) is 7.36. The summed E-state index contributed by atoms with van der Waals surface area (Å²) in [4.78, 5) is 4.46. The van der Waals surface area contributed by atoms with E-state index in [2.05, 4.69) is 36.3 Å². The van der Waals surface area contributed by atoms with Crippen molar-refractivity contribution in [2.75, 3.05) is 13.1 Å². The molecular weight excluding hydrogens is 220 g/mol. The number of nitrogens with one attached hydrogen (secondary N) is 1. The van der Waals surface area contributed by atoms with E-state index in [9.17, 15) is 0 Å². The standard InChI is InChI=1S/C16H26N2/c1-13(2)11-17-12-15-7-5-6-14(15)10-16-8-3-4-9-18-16/h3-4,8-9,13-15,17H,5-7,10-12H2,1-2H3. The minimum absolute atomic E-state index is 0.751. The third-order valence-corrected chi connectivity index (χ3v) is 3.97. The van der Waals surface area contributed by atoms with E-state index in [1.54, 1.807) is 0 Å². The Morgan fingerprint density at radius 1 is 1.28 bits per heavy atom. The van der Waals surface area contributed by atoms with Gasteiger partial charge in [0.15, 0.2) is 0 Å². The number of hydrogen-bond acceptors (Lipinski definition) is 2. The SMILES string of the molecule is CC(C)CNCC1CCCC1Cc1ccccn1. The zero-order valence-electron chi connectivity index (χ0n) is 11.7. The van der Waals surface area contributed by atoms with Gasteiger partial charge in [0.1, 0.15) is 0 Å². The van der Waals surface area contributed by atoms with E-state index in [0.29, 0.717) is 0 Å². The van der Waals surface area contributed by atoms with Gasteiger partial charge in [-0.3, -0.25) is 4.98 Å². The van der Waals surface area contributed by atoms with E-state index < -0.39 is 0 Å². The second kappa shape index (κ2) is 6.89. The van der Waals surface area contributed by atoms with Gasteiger partial charge in [-0.1, -0.05) is 26.3 Å². The quantitative estimate of drug-likeness (QED) is 0.833. The average molecular weight is 246 g/mol. The van der Waals surface area contributed by atoms with Gasteiger partial charge in [0.05, 0.1) is 0 Å². The van der Waals surface area contributed by atoms with E-state index in [-0.39, 0.29) is 0 Å². The summed E-state index contributed by atoms with van der Waals surface area (Å²) in [5.41, 5.74) is 1.26. The van der Waals surface area contributed by atoms with Crippen molar-refractivity contribution in [3.63, 3.8) is 0 Å². The van der Waals surface area contributed by atoms with E-state index in [0.717, 1.165) is 30.7 Å². The average Bonchev–Trinajstić information content (AvgIpc) is 2.78. The summed E-state index contributed by atoms with van der Waals surface area (Å²) in [6, 6.07) is 6.26. The molecular formula is C16H26N2. The lowest BCUT2D eigenvalue weighted by atomic mass is 9.91. The van der Waals surface area contributed by atoms with Crippen LogP contribution in [-0.4, -0.2) is 18.1 Å². The zero-order chi connectivity index (χ0) is 12.8. The third-order valence-electron chi connectivity index (χ3n) is 3.97. The zero-order valence-corrected chi connectivity index (χ0v) is 11.7. The molecule has 2 atom stereocenters. The topological polar surface area (TPSA) is 24.9 Å². The highest BCUT2D eigenvalue weighted by Crippen LogP contribution is 2.33. The summed E-state index contributed by atoms with van der Waals surface area (Å²) in [5, 5.41) is 3.62. The Hall–Kier alpha value is -0.890. The molecule has 2 unspecified atom stereocenters. The normalized spacial score (nSPS) is 23.7. The number of aromatic nitrogens is 1. The van der Waals surface area contributed by atoms with Crippen LogP contribution >= 0.6 is 0 Å². The Kier molecular flexibility index (Phi) is 5.18. The molecule has 1 aliphatic carbocycles. The Morgan fingerprint density at radius 3 is 2.83 bits per heavy atom. The Labute approximate surface area is 111 Å². The van der Waals surface area contributed by atoms with Crippen molar-refractivity contribution in [3.8, 4) is 0 Å². The highest BCUT2D eigenvalue weighted by molar-refractivity contribution is 5.05. The first kappa shape index (κ1) is 13.5. The van der Waals surface area contributed by atoms with E-state index >= 15 is 0 Å². The van der Waals surface area contributed by atoms with Gasteiger partial charge in [0.2, 0.25) is 0 Å². The Balaban J connectivity index is 1.80. The Morgan fingerprint density at radius 2 is 2.11 bits per heavy atom. The van der Waals surface area contributed by atoms with Crippen LogP contribution in [0.4, 0.5) is 0 Å². The molecule has 0 radical (unpaired) electrons. The fourth-order valence-corrected chi connectivity index (χ4v) is 3.00. The molecule has 1 N–H and O–H groups in total. The molecule has 0 saturated heterocycles. The first-order chi connectivity index (χ1) is 8.75. The predicted octanol–water partition coefficient (Wildman–Crippen LogP) is 3.29. The monoisotopic (exact) mass is 246 g/mol. The van der Waals surface area contributed by atoms with Gasteiger partial charge in [0.25, 0.3) is 0 Å². The molecule has 0 spiro atoms. The molecule has 2 rings (SSSR count). The third kappa shape index (κ3) is 4.09. The molecule has 1 aliphatic rings. The van der Waals surface area contributed by atoms with Crippen LogP contribution in [0, 0.1) is 17.8 Å². The van der Waals surface area contributed by atoms with Crippen LogP contribution in [0.5, 0.6) is 0 Å². The lowest BCUT2D eigenvalue weighted by Gasteiger charge is -2.20. The summed E-state index contributed by atoms with van der Waals surface area (Å²) in [6.45, 7) is 6.88. The van der Waals surface area contributed by atoms with Crippen molar-refractivity contribution in [1.82, 2.24) is 10.3 Å². The minimum Gasteiger partial charge on any atom is -0.316 e. The van der Waals surface area contributed by atoms with Crippen molar-refractivity contribution in [2.45, 2.75) is 39.5 Å². The van der Waals surface area contributed by atoms with Crippen LogP contribution < -0.4 is 5.32 Å². The second-order valence-corrected chi connectivity index (χ2v) is 6.03. The minimum atomic E-state index is 0.751. The van der Waals surface area contributed by atoms with Gasteiger partial charge in [0, 0.05) is 11.9 Å². The summed E-state index contributed by atoms with van der Waals surface area (Å²) in [5.74, 6) is 2.44. The van der Waals surface area contributed by atoms with E-state index in [1.807, 2.05) is 12.3 Å². The smallest absolute Gasteiger partial charge is 0.0406 e. The predicted molar refractivity (Wildman–Crippen MR) is 76.5 cm³/mol. The number of rotatable bonds is 6. The van der Waals surface area contributed by atoms with Crippen LogP contribution in [0.25, 0.3) is 0 Å². The largest absolute Gasteiger partial charge is 0.316 e. The van der Waals surface area contributed by atoms with Gasteiger partial charge < -0.3 is 5.32 Å². The maximum absolute atomic E-state index is 4.46. The fourth-order valence-electron chi connectivity index (χ4n) is 3.00. The Bertz CT molecular complexity index is 334. The molecule has 0 bridgehead atoms. The fraction of sp³-hybridized carbons (Fsp3) is 0.688. The van der Waals surface area contributed by atoms with E-state index in [1.165, 1.54) is 31.5 Å². The van der Waals surface area contributed by atoms with Crippen molar-refractivity contribution in [3.05, 3.63) is 30.1 Å². The molecule has 1 aromatic heterocycles. The van der Waals surface area contributed by atoms with Crippen molar-refractivity contribution < 1.29 is 0 Å². The van der Waals surface area contributed by atoms with Gasteiger partial charge >= 0.3 is 0 Å². The number of pyridine rings is 1. The molecule has 1 saturated carbocycles. The lowest BCUT2D eigenvalue weighted by Crippen LogP contribution is -2.29. The number of hydrogen-bond donors (Lipinski definition) is 1. The molecule has 18 heavy (non-hydrogen) atoms. The number of nitrogens with zero attached hydrogens (tertiary/aromatic N) is 1. The maximum Gasteiger partial charge on any atom is 0.0406 e. The second-order valence-electron chi connectivity index (χ2n) is 6.03. The highest BCUT2D eigenvalue weighted by Gasteiger charge is 2.27. The maximum atomic E-state index is 4.46. The summed E-state index contributed by atoms with van der Waals surface area (Å²) >= 11 is 0. The molecule has 1 fully saturated rings. The van der Waals surface area contributed by atoms with Gasteiger partial charge in [-0.15, -0.1) is 0 Å². The van der Waals surface area contributed by atoms with Gasteiger partial charge in [-0.2, -0.15) is 0 Å². The molecule has 2 heteroatoms. The first-order valence-electron chi connectivity index (χ1n) is 7.36. The van der Waals surface area contributed by atoms with Crippen LogP contribution in [0.3, 0.4) is 0 Å². The molecule has 100 valence electrons. The van der Waals surface area contributed by atoms with Crippen LogP contribution in [0.2, 0.25) is 0 Å². The van der Waals surface area contributed by atoms with Crippen LogP contribution in [0.1, 0.15) is 38.8 Å². The van der Waals surface area contributed by atoms with Crippen LogP contribution in [-0.2, 0) is 6.42 Å².